The van der Waals surface area contributed by atoms with Gasteiger partial charge in [0.2, 0.25) is 15.8 Å². The lowest BCUT2D eigenvalue weighted by Crippen LogP contribution is -2.31. The maximum absolute atomic E-state index is 14.0. The molecule has 0 bridgehead atoms. The van der Waals surface area contributed by atoms with E-state index in [-0.39, 0.29) is 22.8 Å². The predicted octanol–water partition coefficient (Wildman–Crippen LogP) is 1.26. The molecule has 3 heterocycles. The molecule has 0 unspecified atom stereocenters. The monoisotopic (exact) mass is 418 g/mol. The summed E-state index contributed by atoms with van der Waals surface area (Å²) in [5.74, 6) is 0.465. The second-order valence-corrected chi connectivity index (χ2v) is 8.35. The number of hydrogen-bond acceptors (Lipinski definition) is 8. The molecule has 0 atom stereocenters. The van der Waals surface area contributed by atoms with Crippen LogP contribution in [0.1, 0.15) is 25.1 Å². The van der Waals surface area contributed by atoms with Gasteiger partial charge >= 0.3 is 0 Å². The minimum absolute atomic E-state index is 0.0304. The number of hydrogen-bond donors (Lipinski definition) is 2. The molecule has 10 nitrogen and oxygen atoms in total. The molecule has 1 aliphatic rings. The van der Waals surface area contributed by atoms with Crippen molar-refractivity contribution in [3.8, 4) is 11.4 Å². The van der Waals surface area contributed by atoms with Crippen molar-refractivity contribution in [2.24, 2.45) is 0 Å². The van der Waals surface area contributed by atoms with E-state index in [0.29, 0.717) is 5.82 Å². The Morgan fingerprint density at radius 1 is 1.17 bits per heavy atom. The molecule has 12 heteroatoms. The number of H-pyrrole nitrogens is 1. The van der Waals surface area contributed by atoms with Gasteiger partial charge in [-0.1, -0.05) is 0 Å². The Bertz CT molecular complexity index is 1080. The van der Waals surface area contributed by atoms with Crippen LogP contribution in [-0.2, 0) is 16.6 Å². The van der Waals surface area contributed by atoms with E-state index in [1.165, 1.54) is 12.5 Å². The van der Waals surface area contributed by atoms with Crippen LogP contribution in [-0.4, -0.2) is 52.1 Å². The molecule has 4 rings (SSSR count). The van der Waals surface area contributed by atoms with Crippen LogP contribution in [0.5, 0.6) is 0 Å². The summed E-state index contributed by atoms with van der Waals surface area (Å²) in [5, 5.41) is 13.0. The standard InChI is InChI=1S/C17H19FN8O2S/c18-14-5-4-12(10-13(14)17-22-24-25-23-17)29(27,28)20-11-15-19-7-6-16(21-15)26-8-2-1-3-9-26/h4-7,10,20H,1-3,8-9,11H2,(H,22,23,24,25). The number of aromatic nitrogens is 6. The van der Waals surface area contributed by atoms with Crippen LogP contribution in [0.15, 0.2) is 35.4 Å². The summed E-state index contributed by atoms with van der Waals surface area (Å²) in [4.78, 5) is 10.7. The van der Waals surface area contributed by atoms with Crippen molar-refractivity contribution >= 4 is 15.8 Å². The van der Waals surface area contributed by atoms with Crippen molar-refractivity contribution in [1.82, 2.24) is 35.3 Å². The van der Waals surface area contributed by atoms with Crippen molar-refractivity contribution in [2.75, 3.05) is 18.0 Å². The van der Waals surface area contributed by atoms with Gasteiger partial charge in [-0.25, -0.2) is 27.5 Å². The molecular formula is C17H19FN8O2S. The Morgan fingerprint density at radius 3 is 2.76 bits per heavy atom. The van der Waals surface area contributed by atoms with Gasteiger partial charge in [0.15, 0.2) is 0 Å². The maximum atomic E-state index is 14.0. The number of nitrogens with one attached hydrogen (secondary N) is 2. The molecule has 0 saturated carbocycles. The molecule has 29 heavy (non-hydrogen) atoms. The highest BCUT2D eigenvalue weighted by atomic mass is 32.2. The Morgan fingerprint density at radius 2 is 2.00 bits per heavy atom. The third-order valence-electron chi connectivity index (χ3n) is 4.63. The van der Waals surface area contributed by atoms with Crippen LogP contribution in [0.3, 0.4) is 0 Å². The van der Waals surface area contributed by atoms with Crippen LogP contribution >= 0.6 is 0 Å². The van der Waals surface area contributed by atoms with E-state index < -0.39 is 15.8 Å². The molecule has 152 valence electrons. The third-order valence-corrected chi connectivity index (χ3v) is 6.02. The van der Waals surface area contributed by atoms with Crippen LogP contribution in [0.25, 0.3) is 11.4 Å². The first-order chi connectivity index (χ1) is 14.0. The molecule has 1 fully saturated rings. The number of tetrazole rings is 1. The van der Waals surface area contributed by atoms with Gasteiger partial charge < -0.3 is 4.90 Å². The van der Waals surface area contributed by atoms with E-state index in [9.17, 15) is 12.8 Å². The summed E-state index contributed by atoms with van der Waals surface area (Å²) in [6.45, 7) is 1.77. The van der Waals surface area contributed by atoms with Crippen molar-refractivity contribution in [3.05, 3.63) is 42.1 Å². The number of piperidine rings is 1. The molecule has 0 spiro atoms. The number of halogens is 1. The highest BCUT2D eigenvalue weighted by Gasteiger charge is 2.19. The first kappa shape index (κ1) is 19.3. The molecule has 3 aromatic rings. The van der Waals surface area contributed by atoms with Gasteiger partial charge in [0.05, 0.1) is 17.0 Å². The minimum atomic E-state index is -3.92. The Kier molecular flexibility index (Phi) is 5.45. The van der Waals surface area contributed by atoms with Gasteiger partial charge in [-0.15, -0.1) is 10.2 Å². The topological polar surface area (TPSA) is 130 Å². The fourth-order valence-corrected chi connectivity index (χ4v) is 4.14. The average Bonchev–Trinajstić information content (AvgIpc) is 3.28. The van der Waals surface area contributed by atoms with Gasteiger partial charge in [-0.05, 0) is 48.7 Å². The average molecular weight is 418 g/mol. The summed E-state index contributed by atoms with van der Waals surface area (Å²) in [7, 11) is -3.92. The quantitative estimate of drug-likeness (QED) is 0.612. The Labute approximate surface area is 166 Å². The van der Waals surface area contributed by atoms with E-state index in [4.69, 9.17) is 0 Å². The smallest absolute Gasteiger partial charge is 0.241 e. The second kappa shape index (κ2) is 8.17. The fourth-order valence-electron chi connectivity index (χ4n) is 3.13. The molecule has 2 N–H and O–H groups in total. The van der Waals surface area contributed by atoms with Gasteiger partial charge in [-0.3, -0.25) is 0 Å². The van der Waals surface area contributed by atoms with Crippen molar-refractivity contribution in [3.63, 3.8) is 0 Å². The summed E-state index contributed by atoms with van der Waals surface area (Å²) < 4.78 is 41.8. The first-order valence-corrected chi connectivity index (χ1v) is 10.6. The lowest BCUT2D eigenvalue weighted by atomic mass is 10.1. The van der Waals surface area contributed by atoms with E-state index in [1.807, 2.05) is 6.07 Å². The van der Waals surface area contributed by atoms with E-state index >= 15 is 0 Å². The van der Waals surface area contributed by atoms with Crippen LogP contribution in [0.2, 0.25) is 0 Å². The lowest BCUT2D eigenvalue weighted by Gasteiger charge is -2.27. The van der Waals surface area contributed by atoms with Crippen molar-refractivity contribution in [2.45, 2.75) is 30.7 Å². The van der Waals surface area contributed by atoms with Crippen LogP contribution < -0.4 is 9.62 Å². The van der Waals surface area contributed by atoms with E-state index in [0.717, 1.165) is 43.9 Å². The Hall–Kier alpha value is -2.99. The summed E-state index contributed by atoms with van der Waals surface area (Å²) in [6.07, 6.45) is 5.04. The zero-order valence-electron chi connectivity index (χ0n) is 15.4. The SMILES string of the molecule is O=S(=O)(NCc1nccc(N2CCCCC2)n1)c1ccc(F)c(-c2nn[nH]n2)c1. The summed E-state index contributed by atoms with van der Waals surface area (Å²) >= 11 is 0. The molecule has 0 amide bonds. The molecule has 1 saturated heterocycles. The summed E-state index contributed by atoms with van der Waals surface area (Å²) in [6, 6.07) is 5.20. The largest absolute Gasteiger partial charge is 0.357 e. The van der Waals surface area contributed by atoms with Crippen molar-refractivity contribution < 1.29 is 12.8 Å². The minimum Gasteiger partial charge on any atom is -0.357 e. The Balaban J connectivity index is 1.50. The third kappa shape index (κ3) is 4.38. The van der Waals surface area contributed by atoms with Crippen LogP contribution in [0, 0.1) is 5.82 Å². The lowest BCUT2D eigenvalue weighted by molar-refractivity contribution is 0.569. The fraction of sp³-hybridized carbons (Fsp3) is 0.353. The first-order valence-electron chi connectivity index (χ1n) is 9.13. The molecule has 0 aliphatic carbocycles. The number of anilines is 1. The number of sulfonamides is 1. The number of aromatic amines is 1. The normalized spacial score (nSPS) is 14.9. The molecule has 1 aromatic carbocycles. The molecule has 1 aliphatic heterocycles. The van der Waals surface area contributed by atoms with Gasteiger partial charge in [-0.2, -0.15) is 5.21 Å². The van der Waals surface area contributed by atoms with Gasteiger partial charge in [0, 0.05) is 19.3 Å². The van der Waals surface area contributed by atoms with Gasteiger partial charge in [0.1, 0.15) is 17.5 Å². The molecule has 2 aromatic heterocycles. The molecule has 0 radical (unpaired) electrons. The maximum Gasteiger partial charge on any atom is 0.241 e. The molecular weight excluding hydrogens is 399 g/mol. The van der Waals surface area contributed by atoms with E-state index in [1.54, 1.807) is 6.20 Å². The van der Waals surface area contributed by atoms with Gasteiger partial charge in [0.25, 0.3) is 0 Å². The zero-order chi connectivity index (χ0) is 20.3. The van der Waals surface area contributed by atoms with Crippen LogP contribution in [0.4, 0.5) is 10.2 Å². The highest BCUT2D eigenvalue weighted by molar-refractivity contribution is 7.89. The second-order valence-electron chi connectivity index (χ2n) is 6.58. The predicted molar refractivity (Wildman–Crippen MR) is 102 cm³/mol. The number of benzene rings is 1. The number of rotatable bonds is 6. The highest BCUT2D eigenvalue weighted by Crippen LogP contribution is 2.22. The summed E-state index contributed by atoms with van der Waals surface area (Å²) in [5.41, 5.74) is -0.0648. The zero-order valence-corrected chi connectivity index (χ0v) is 16.2. The van der Waals surface area contributed by atoms with Crippen molar-refractivity contribution in [1.29, 1.82) is 0 Å². The number of nitrogens with zero attached hydrogens (tertiary/aromatic N) is 6. The van der Waals surface area contributed by atoms with E-state index in [2.05, 4.69) is 40.2 Å².